The molecule has 5 nitrogen and oxygen atoms in total. The topological polar surface area (TPSA) is 69.7 Å². The average Bonchev–Trinajstić information content (AvgIpc) is 2.50. The number of hydrogen-bond acceptors (Lipinski definition) is 5. The van der Waals surface area contributed by atoms with Crippen molar-refractivity contribution in [2.45, 2.75) is 56.8 Å². The van der Waals surface area contributed by atoms with E-state index in [1.807, 2.05) is 0 Å². The van der Waals surface area contributed by atoms with Gasteiger partial charge in [-0.2, -0.15) is 8.42 Å². The number of hydrogen-bond donors (Lipinski definition) is 0. The van der Waals surface area contributed by atoms with Gasteiger partial charge in [-0.15, -0.1) is 0 Å². The molecule has 0 atom stereocenters. The Kier molecular flexibility index (Phi) is 11.9. The van der Waals surface area contributed by atoms with Gasteiger partial charge in [-0.25, -0.2) is 4.79 Å². The fourth-order valence-electron chi connectivity index (χ4n) is 1.80. The molecule has 1 aromatic carbocycles. The van der Waals surface area contributed by atoms with Gasteiger partial charge >= 0.3 is 16.1 Å². The van der Waals surface area contributed by atoms with E-state index < -0.39 is 16.1 Å². The van der Waals surface area contributed by atoms with E-state index in [9.17, 15) is 13.2 Å². The van der Waals surface area contributed by atoms with E-state index in [2.05, 4.69) is 16.1 Å². The fourth-order valence-corrected chi connectivity index (χ4v) is 2.54. The molecule has 1 rings (SSSR count). The molecule has 0 aliphatic heterocycles. The molecular formula is C15H22NaO5S. The average molecular weight is 337 g/mol. The van der Waals surface area contributed by atoms with Crippen LogP contribution in [-0.2, 0) is 24.1 Å². The molecule has 0 heterocycles. The summed E-state index contributed by atoms with van der Waals surface area (Å²) in [6.07, 6.45) is 6.37. The van der Waals surface area contributed by atoms with Crippen LogP contribution >= 0.6 is 0 Å². The maximum Gasteiger partial charge on any atom is 0.343 e. The number of rotatable bonds is 10. The zero-order valence-electron chi connectivity index (χ0n) is 13.3. The van der Waals surface area contributed by atoms with Gasteiger partial charge in [0.1, 0.15) is 0 Å². The summed E-state index contributed by atoms with van der Waals surface area (Å²) < 4.78 is 27.7. The van der Waals surface area contributed by atoms with Crippen molar-refractivity contribution in [3.8, 4) is 0 Å². The minimum atomic E-state index is -4.04. The Morgan fingerprint density at radius 2 is 1.59 bits per heavy atom. The first kappa shape index (κ1) is 21.6. The van der Waals surface area contributed by atoms with E-state index in [-0.39, 0.29) is 40.9 Å². The van der Waals surface area contributed by atoms with Gasteiger partial charge in [0.05, 0.1) is 4.90 Å². The zero-order chi connectivity index (χ0) is 15.6. The van der Waals surface area contributed by atoms with Crippen LogP contribution in [0.2, 0.25) is 0 Å². The third kappa shape index (κ3) is 8.90. The molecule has 0 aromatic heterocycles. The monoisotopic (exact) mass is 337 g/mol. The van der Waals surface area contributed by atoms with Crippen LogP contribution in [0, 0.1) is 0 Å². The van der Waals surface area contributed by atoms with Crippen molar-refractivity contribution in [3.63, 3.8) is 0 Å². The minimum Gasteiger partial charge on any atom is -0.281 e. The fraction of sp³-hybridized carbons (Fsp3) is 0.533. The van der Waals surface area contributed by atoms with Crippen molar-refractivity contribution in [1.82, 2.24) is 0 Å². The maximum absolute atomic E-state index is 11.7. The molecule has 0 N–H and O–H groups in total. The van der Waals surface area contributed by atoms with Crippen molar-refractivity contribution in [1.29, 1.82) is 0 Å². The summed E-state index contributed by atoms with van der Waals surface area (Å²) in [4.78, 5) is 15.7. The second kappa shape index (κ2) is 12.1. The molecule has 0 aliphatic carbocycles. The van der Waals surface area contributed by atoms with Crippen LogP contribution in [-0.4, -0.2) is 43.9 Å². The van der Waals surface area contributed by atoms with Crippen LogP contribution in [0.5, 0.6) is 0 Å². The third-order valence-corrected chi connectivity index (χ3v) is 4.08. The second-order valence-corrected chi connectivity index (χ2v) is 6.32. The van der Waals surface area contributed by atoms with Crippen molar-refractivity contribution in [2.24, 2.45) is 0 Å². The normalized spacial score (nSPS) is 10.8. The van der Waals surface area contributed by atoms with Crippen LogP contribution in [0.1, 0.15) is 51.9 Å². The molecule has 22 heavy (non-hydrogen) atoms. The van der Waals surface area contributed by atoms with E-state index in [1.165, 1.54) is 25.0 Å². The molecule has 0 saturated heterocycles. The molecule has 1 radical (unpaired) electrons. The molecule has 119 valence electrons. The molecule has 1 aromatic rings. The largest absolute Gasteiger partial charge is 0.343 e. The zero-order valence-corrected chi connectivity index (χ0v) is 16.1. The molecule has 0 bridgehead atoms. The van der Waals surface area contributed by atoms with Crippen LogP contribution in [0.15, 0.2) is 35.2 Å². The van der Waals surface area contributed by atoms with Gasteiger partial charge in [-0.05, 0) is 22.9 Å². The van der Waals surface area contributed by atoms with E-state index in [0.29, 0.717) is 6.42 Å². The molecule has 0 aliphatic rings. The van der Waals surface area contributed by atoms with Crippen LogP contribution in [0.3, 0.4) is 0 Å². The minimum absolute atomic E-state index is 0. The molecule has 0 amide bonds. The summed E-state index contributed by atoms with van der Waals surface area (Å²) in [7, 11) is -4.04. The molecular weight excluding hydrogens is 315 g/mol. The molecule has 0 unspecified atom stereocenters. The first-order valence-electron chi connectivity index (χ1n) is 7.25. The Morgan fingerprint density at radius 3 is 2.23 bits per heavy atom. The summed E-state index contributed by atoms with van der Waals surface area (Å²) in [6, 6.07) is 7.56. The van der Waals surface area contributed by atoms with E-state index in [4.69, 9.17) is 0 Å². The Balaban J connectivity index is 0.00000441. The summed E-state index contributed by atoms with van der Waals surface area (Å²) in [5.41, 5.74) is 0. The van der Waals surface area contributed by atoms with Gasteiger partial charge in [-0.3, -0.25) is 4.89 Å². The van der Waals surface area contributed by atoms with Crippen molar-refractivity contribution in [2.75, 3.05) is 0 Å². The summed E-state index contributed by atoms with van der Waals surface area (Å²) in [6.45, 7) is 2.14. The first-order chi connectivity index (χ1) is 10.1. The van der Waals surface area contributed by atoms with Gasteiger partial charge in [-0.1, -0.05) is 57.2 Å². The van der Waals surface area contributed by atoms with Gasteiger partial charge in [0.15, 0.2) is 0 Å². The summed E-state index contributed by atoms with van der Waals surface area (Å²) >= 11 is 0. The summed E-state index contributed by atoms with van der Waals surface area (Å²) in [5.74, 6) is -0.662. The maximum atomic E-state index is 11.7. The van der Waals surface area contributed by atoms with Crippen molar-refractivity contribution < 1.29 is 22.4 Å². The van der Waals surface area contributed by atoms with E-state index in [0.717, 1.165) is 19.3 Å². The molecule has 0 fully saturated rings. The molecule has 7 heteroatoms. The predicted molar refractivity (Wildman–Crippen MR) is 84.6 cm³/mol. The SMILES string of the molecule is CCCCCCCCC(=O)OOS(=O)(=O)c1ccccc1.[Na]. The quantitative estimate of drug-likeness (QED) is 0.284. The number of benzene rings is 1. The van der Waals surface area contributed by atoms with Crippen LogP contribution in [0.4, 0.5) is 0 Å². The first-order valence-corrected chi connectivity index (χ1v) is 8.66. The van der Waals surface area contributed by atoms with Gasteiger partial charge < -0.3 is 0 Å². The Labute approximate surface area is 154 Å². The van der Waals surface area contributed by atoms with Crippen LogP contribution < -0.4 is 0 Å². The van der Waals surface area contributed by atoms with Crippen molar-refractivity contribution >= 4 is 45.6 Å². The number of carbonyl (C=O) groups excluding carboxylic acids is 1. The van der Waals surface area contributed by atoms with Crippen molar-refractivity contribution in [3.05, 3.63) is 30.3 Å². The van der Waals surface area contributed by atoms with Gasteiger partial charge in [0, 0.05) is 36.0 Å². The second-order valence-electron chi connectivity index (χ2n) is 4.81. The standard InChI is InChI=1S/C15H22O5S.Na/c1-2-3-4-5-6-10-13-15(16)19-20-21(17,18)14-11-8-7-9-12-14;/h7-9,11-12H,2-6,10,13H2,1H3;. The molecule has 0 spiro atoms. The van der Waals surface area contributed by atoms with E-state index in [1.54, 1.807) is 18.2 Å². The Hall–Kier alpha value is -0.400. The predicted octanol–water partition coefficient (Wildman–Crippen LogP) is 3.22. The number of carbonyl (C=O) groups is 1. The molecule has 0 saturated carbocycles. The van der Waals surface area contributed by atoms with Gasteiger partial charge in [0.2, 0.25) is 0 Å². The van der Waals surface area contributed by atoms with Gasteiger partial charge in [0.25, 0.3) is 0 Å². The summed E-state index contributed by atoms with van der Waals surface area (Å²) in [5, 5.41) is 0. The Bertz CT molecular complexity index is 516. The third-order valence-electron chi connectivity index (χ3n) is 2.98. The van der Waals surface area contributed by atoms with E-state index >= 15 is 0 Å². The van der Waals surface area contributed by atoms with Crippen LogP contribution in [0.25, 0.3) is 0 Å². The number of unbranched alkanes of at least 4 members (excludes halogenated alkanes) is 5. The Morgan fingerprint density at radius 1 is 1.00 bits per heavy atom. The smallest absolute Gasteiger partial charge is 0.281 e.